The summed E-state index contributed by atoms with van der Waals surface area (Å²) in [5.41, 5.74) is 10.4. The van der Waals surface area contributed by atoms with Gasteiger partial charge in [-0.3, -0.25) is 0 Å². The molecule has 0 aromatic heterocycles. The summed E-state index contributed by atoms with van der Waals surface area (Å²) in [6.07, 6.45) is -2.21. The molecule has 0 heterocycles. The van der Waals surface area contributed by atoms with Crippen molar-refractivity contribution in [1.82, 2.24) is 0 Å². The fourth-order valence-electron chi connectivity index (χ4n) is 5.40. The number of ether oxygens (including phenoxy) is 1. The van der Waals surface area contributed by atoms with Crippen LogP contribution >= 0.6 is 21.2 Å². The zero-order chi connectivity index (χ0) is 32.1. The van der Waals surface area contributed by atoms with E-state index in [9.17, 15) is 23.1 Å². The number of carboxylic acid groups (broad SMARTS) is 1. The minimum absolute atomic E-state index is 0.0399. The van der Waals surface area contributed by atoms with E-state index in [0.717, 1.165) is 29.7 Å². The first-order valence-corrected chi connectivity index (χ1v) is 17.3. The molecule has 5 aromatic rings. The van der Waals surface area contributed by atoms with Crippen molar-refractivity contribution in [3.63, 3.8) is 0 Å². The van der Waals surface area contributed by atoms with Crippen LogP contribution in [0.5, 0.6) is 5.75 Å². The van der Waals surface area contributed by atoms with E-state index in [1.165, 1.54) is 26.6 Å². The average molecular weight is 724 g/mol. The van der Waals surface area contributed by atoms with Gasteiger partial charge in [-0.15, -0.1) is 0 Å². The number of nitrogen functional groups attached to an aromatic ring is 1. The zero-order valence-corrected chi connectivity index (χ0v) is 27.1. The fraction of sp³-hybridized carbons (Fsp3) is 0.162. The Morgan fingerprint density at radius 3 is 1.82 bits per heavy atom. The summed E-state index contributed by atoms with van der Waals surface area (Å²) in [6, 6.07) is 29.4. The molecule has 0 aliphatic rings. The molecule has 0 aliphatic carbocycles. The van der Waals surface area contributed by atoms with Gasteiger partial charge in [0.2, 0.25) is 0 Å². The quantitative estimate of drug-likeness (QED) is 0.0651. The number of aromatic carboxylic acids is 1. The van der Waals surface area contributed by atoms with Crippen molar-refractivity contribution in [1.29, 1.82) is 0 Å². The molecule has 0 unspecified atom stereocenters. The van der Waals surface area contributed by atoms with Crippen molar-refractivity contribution in [2.45, 2.75) is 25.9 Å². The molecule has 0 radical (unpaired) electrons. The Kier molecular flexibility index (Phi) is 9.82. The van der Waals surface area contributed by atoms with Crippen molar-refractivity contribution >= 4 is 32.9 Å². The number of nitrogens with two attached hydrogens (primary N) is 1. The molecule has 0 aliphatic heterocycles. The monoisotopic (exact) mass is 723 g/mol. The van der Waals surface area contributed by atoms with Crippen LogP contribution in [0.15, 0.2) is 103 Å². The summed E-state index contributed by atoms with van der Waals surface area (Å²) in [6.45, 7) is 2.18. The Balaban J connectivity index is 1.89. The van der Waals surface area contributed by atoms with Crippen LogP contribution in [-0.4, -0.2) is 22.6 Å². The van der Waals surface area contributed by atoms with E-state index in [1.807, 2.05) is 66.7 Å². The predicted octanol–water partition coefficient (Wildman–Crippen LogP) is 10.3. The summed E-state index contributed by atoms with van der Waals surface area (Å²) in [7, 11) is 1.57. The number of alkyl halides is 4. The molecule has 5 aromatic carbocycles. The average Bonchev–Trinajstić information content (AvgIpc) is 3.04. The third-order valence-electron chi connectivity index (χ3n) is 7.60. The van der Waals surface area contributed by atoms with Crippen molar-refractivity contribution in [2.24, 2.45) is 0 Å². The van der Waals surface area contributed by atoms with Gasteiger partial charge in [-0.2, -0.15) is 13.2 Å². The molecule has 0 saturated heterocycles. The van der Waals surface area contributed by atoms with Gasteiger partial charge < -0.3 is 0 Å². The minimum atomic E-state index is -4.54. The topological polar surface area (TPSA) is 72.6 Å². The maximum absolute atomic E-state index is 13.5. The van der Waals surface area contributed by atoms with Crippen LogP contribution in [0.1, 0.15) is 35.7 Å². The van der Waals surface area contributed by atoms with Crippen molar-refractivity contribution < 1.29 is 27.8 Å². The Morgan fingerprint density at radius 2 is 1.27 bits per heavy atom. The summed E-state index contributed by atoms with van der Waals surface area (Å²) in [4.78, 5) is 13.1. The van der Waals surface area contributed by atoms with Crippen LogP contribution < -0.4 is 10.5 Å². The van der Waals surface area contributed by atoms with E-state index in [-0.39, 0.29) is 38.0 Å². The molecule has 3 N–H and O–H groups in total. The van der Waals surface area contributed by atoms with Gasteiger partial charge in [0.25, 0.3) is 0 Å². The molecular formula is C37H33F3INO3. The maximum atomic E-state index is 13.5. The van der Waals surface area contributed by atoms with Gasteiger partial charge in [0.05, 0.1) is 0 Å². The summed E-state index contributed by atoms with van der Waals surface area (Å²) >= 11 is -0.353. The van der Waals surface area contributed by atoms with Gasteiger partial charge in [-0.25, -0.2) is 0 Å². The number of halogens is 4. The Labute approximate surface area is 271 Å². The first-order chi connectivity index (χ1) is 21.6. The second-order valence-corrected chi connectivity index (χ2v) is 13.8. The molecule has 0 atom stereocenters. The summed E-state index contributed by atoms with van der Waals surface area (Å²) < 4.78 is 48.5. The molecule has 232 valence electrons. The summed E-state index contributed by atoms with van der Waals surface area (Å²) in [5, 5.41) is 10.7. The zero-order valence-electron chi connectivity index (χ0n) is 24.8. The Hall–Kier alpha value is -4.31. The molecule has 4 nitrogen and oxygen atoms in total. The standard InChI is InChI=1S/C37H33F3INO3/c1-3-4-22-41-28-18-12-26(13-19-28)33-31(25-14-20-29(45-2)21-15-25)30(23-8-6-5-7-9-23)32(34(35(33)42)36(43)44)24-10-16-27(17-11-24)37(38,39)40/h5-21,41H,3-4,22,42H2,1-2H3,(H,43,44). The van der Waals surface area contributed by atoms with E-state index >= 15 is 0 Å². The summed E-state index contributed by atoms with van der Waals surface area (Å²) in [5.74, 6) is -0.633. The van der Waals surface area contributed by atoms with Crippen LogP contribution in [0.3, 0.4) is 0 Å². The van der Waals surface area contributed by atoms with E-state index in [4.69, 9.17) is 10.5 Å². The predicted molar refractivity (Wildman–Crippen MR) is 185 cm³/mol. The fourth-order valence-corrected chi connectivity index (χ4v) is 8.24. The molecule has 0 fully saturated rings. The van der Waals surface area contributed by atoms with Gasteiger partial charge in [0.1, 0.15) is 0 Å². The molecule has 45 heavy (non-hydrogen) atoms. The van der Waals surface area contributed by atoms with E-state index < -0.39 is 17.7 Å². The number of hydrogen-bond acceptors (Lipinski definition) is 3. The molecule has 0 bridgehead atoms. The van der Waals surface area contributed by atoms with Crippen LogP contribution in [0.25, 0.3) is 44.5 Å². The molecule has 0 spiro atoms. The van der Waals surface area contributed by atoms with Gasteiger partial charge in [0.15, 0.2) is 0 Å². The van der Waals surface area contributed by atoms with E-state index in [2.05, 4.69) is 19.1 Å². The molecule has 0 saturated carbocycles. The number of carbonyl (C=O) groups is 1. The van der Waals surface area contributed by atoms with E-state index in [0.29, 0.717) is 33.6 Å². The van der Waals surface area contributed by atoms with Gasteiger partial charge in [0, 0.05) is 0 Å². The van der Waals surface area contributed by atoms with E-state index in [1.54, 1.807) is 7.11 Å². The van der Waals surface area contributed by atoms with Gasteiger partial charge in [-0.05, 0) is 0 Å². The number of hydrogen-bond donors (Lipinski definition) is 2. The Morgan fingerprint density at radius 1 is 0.756 bits per heavy atom. The van der Waals surface area contributed by atoms with Crippen molar-refractivity contribution in [3.8, 4) is 50.3 Å². The SMILES string of the molecule is CCCC[IH]c1ccc(-c2c(N)c(C(=O)O)c(-c3ccc(C(F)(F)F)cc3)c(-c3ccccc3)c2-c2ccc(OC)cc2)cc1. The van der Waals surface area contributed by atoms with Crippen LogP contribution in [0, 0.1) is 3.57 Å². The molecule has 5 rings (SSSR count). The number of benzene rings is 5. The second-order valence-electron chi connectivity index (χ2n) is 10.5. The van der Waals surface area contributed by atoms with Crippen LogP contribution in [-0.2, 0) is 6.18 Å². The normalized spacial score (nSPS) is 11.5. The molecule has 0 amide bonds. The van der Waals surface area contributed by atoms with Crippen LogP contribution in [0.2, 0.25) is 0 Å². The molecular weight excluding hydrogens is 690 g/mol. The third-order valence-corrected chi connectivity index (χ3v) is 10.7. The third kappa shape index (κ3) is 6.86. The first-order valence-electron chi connectivity index (χ1n) is 14.5. The van der Waals surface area contributed by atoms with Crippen LogP contribution in [0.4, 0.5) is 18.9 Å². The Bertz CT molecular complexity index is 1790. The first kappa shape index (κ1) is 32.1. The van der Waals surface area contributed by atoms with Crippen molar-refractivity contribution in [3.05, 3.63) is 118 Å². The number of unbranched alkanes of at least 4 members (excludes halogenated alkanes) is 1. The second kappa shape index (κ2) is 13.8. The number of anilines is 1. The number of methoxy groups -OCH3 is 1. The molecule has 8 heteroatoms. The van der Waals surface area contributed by atoms with Gasteiger partial charge >= 0.3 is 259 Å². The van der Waals surface area contributed by atoms with Crippen molar-refractivity contribution in [2.75, 3.05) is 17.3 Å². The number of carboxylic acids is 1. The number of rotatable bonds is 10. The van der Waals surface area contributed by atoms with Gasteiger partial charge in [-0.1, -0.05) is 0 Å².